The van der Waals surface area contributed by atoms with Gasteiger partial charge in [0.1, 0.15) is 5.76 Å². The van der Waals surface area contributed by atoms with E-state index in [9.17, 15) is 4.79 Å². The van der Waals surface area contributed by atoms with Crippen molar-refractivity contribution in [1.82, 2.24) is 10.5 Å². The summed E-state index contributed by atoms with van der Waals surface area (Å²) >= 11 is 1.62. The lowest BCUT2D eigenvalue weighted by molar-refractivity contribution is 0.0912. The maximum absolute atomic E-state index is 12.9. The molecule has 2 aliphatic rings. The Morgan fingerprint density at radius 1 is 1.35 bits per heavy atom. The molecule has 1 N–H and O–H groups in total. The van der Waals surface area contributed by atoms with Crippen molar-refractivity contribution in [3.8, 4) is 0 Å². The quantitative estimate of drug-likeness (QED) is 0.740. The largest absolute Gasteiger partial charge is 0.360 e. The summed E-state index contributed by atoms with van der Waals surface area (Å²) in [6.07, 6.45) is 5.39. The molecule has 4 rings (SSSR count). The Morgan fingerprint density at radius 2 is 2.19 bits per heavy atom. The minimum absolute atomic E-state index is 0.0390. The number of nitrogens with one attached hydrogen (secondary N) is 1. The molecule has 5 heteroatoms. The second-order valence-electron chi connectivity index (χ2n) is 7.82. The summed E-state index contributed by atoms with van der Waals surface area (Å²) in [6, 6.07) is 10.0. The van der Waals surface area contributed by atoms with Gasteiger partial charge in [0.15, 0.2) is 0 Å². The Labute approximate surface area is 159 Å². The number of thioether (sulfide) groups is 1. The summed E-state index contributed by atoms with van der Waals surface area (Å²) in [7, 11) is 0. The highest BCUT2D eigenvalue weighted by Gasteiger charge is 2.42. The first-order chi connectivity index (χ1) is 12.6. The fraction of sp³-hybridized carbons (Fsp3) is 0.524. The Hall–Kier alpha value is -1.75. The lowest BCUT2D eigenvalue weighted by Crippen LogP contribution is -2.40. The van der Waals surface area contributed by atoms with Gasteiger partial charge in [-0.3, -0.25) is 4.79 Å². The molecule has 0 aliphatic heterocycles. The van der Waals surface area contributed by atoms with E-state index in [2.05, 4.69) is 17.4 Å². The third-order valence-corrected chi connectivity index (χ3v) is 7.07. The van der Waals surface area contributed by atoms with Crippen LogP contribution in [0.5, 0.6) is 0 Å². The molecule has 2 aromatic rings. The minimum atomic E-state index is 0.0390. The van der Waals surface area contributed by atoms with Crippen LogP contribution in [0.15, 0.2) is 39.8 Å². The monoisotopic (exact) mass is 370 g/mol. The lowest BCUT2D eigenvalue weighted by Gasteiger charge is -2.28. The molecule has 2 fully saturated rings. The number of nitrogens with zero attached hydrogens (tertiary/aromatic N) is 1. The lowest BCUT2D eigenvalue weighted by atomic mass is 9.84. The zero-order chi connectivity index (χ0) is 18.1. The van der Waals surface area contributed by atoms with Crippen molar-refractivity contribution >= 4 is 17.7 Å². The van der Waals surface area contributed by atoms with E-state index in [0.29, 0.717) is 11.7 Å². The SMILES string of the molecule is Cc1cc(CSc2ccccc2C(=O)NC(C)C2CC3CCC2C3)on1. The second-order valence-corrected chi connectivity index (χ2v) is 8.84. The van der Waals surface area contributed by atoms with Crippen LogP contribution >= 0.6 is 11.8 Å². The van der Waals surface area contributed by atoms with E-state index in [1.165, 1.54) is 25.7 Å². The molecule has 2 saturated carbocycles. The van der Waals surface area contributed by atoms with Crippen LogP contribution in [-0.2, 0) is 5.75 Å². The van der Waals surface area contributed by atoms with Gasteiger partial charge in [-0.15, -0.1) is 11.8 Å². The van der Waals surface area contributed by atoms with Gasteiger partial charge < -0.3 is 9.84 Å². The predicted octanol–water partition coefficient (Wildman–Crippen LogP) is 4.83. The van der Waals surface area contributed by atoms with Crippen LogP contribution in [0.1, 0.15) is 54.4 Å². The molecule has 2 aliphatic carbocycles. The van der Waals surface area contributed by atoms with E-state index < -0.39 is 0 Å². The number of aromatic nitrogens is 1. The molecule has 138 valence electrons. The molecule has 1 heterocycles. The number of hydrogen-bond donors (Lipinski definition) is 1. The van der Waals surface area contributed by atoms with Crippen LogP contribution < -0.4 is 5.32 Å². The highest BCUT2D eigenvalue weighted by Crippen LogP contribution is 2.49. The van der Waals surface area contributed by atoms with E-state index in [1.54, 1.807) is 11.8 Å². The molecule has 2 bridgehead atoms. The maximum Gasteiger partial charge on any atom is 0.252 e. The Morgan fingerprint density at radius 3 is 2.88 bits per heavy atom. The summed E-state index contributed by atoms with van der Waals surface area (Å²) in [6.45, 7) is 4.09. The van der Waals surface area contributed by atoms with Gasteiger partial charge in [-0.25, -0.2) is 0 Å². The third-order valence-electron chi connectivity index (χ3n) is 5.97. The molecular weight excluding hydrogens is 344 g/mol. The smallest absolute Gasteiger partial charge is 0.252 e. The van der Waals surface area contributed by atoms with Crippen LogP contribution in [0.3, 0.4) is 0 Å². The van der Waals surface area contributed by atoms with Crippen LogP contribution in [0.25, 0.3) is 0 Å². The number of carbonyl (C=O) groups is 1. The van der Waals surface area contributed by atoms with Gasteiger partial charge in [0.25, 0.3) is 5.91 Å². The summed E-state index contributed by atoms with van der Waals surface area (Å²) in [4.78, 5) is 13.9. The fourth-order valence-electron chi connectivity index (χ4n) is 4.71. The summed E-state index contributed by atoms with van der Waals surface area (Å²) in [5.74, 6) is 3.91. The van der Waals surface area contributed by atoms with Crippen LogP contribution in [-0.4, -0.2) is 17.1 Å². The Kier molecular flexibility index (Phi) is 5.07. The Bertz CT molecular complexity index is 788. The maximum atomic E-state index is 12.9. The zero-order valence-electron chi connectivity index (χ0n) is 15.4. The normalized spacial score (nSPS) is 25.4. The number of fused-ring (bicyclic) bond motifs is 2. The molecule has 1 aromatic carbocycles. The van der Waals surface area contributed by atoms with Gasteiger partial charge in [0, 0.05) is 17.0 Å². The van der Waals surface area contributed by atoms with Crippen molar-refractivity contribution < 1.29 is 9.32 Å². The summed E-state index contributed by atoms with van der Waals surface area (Å²) in [5.41, 5.74) is 1.63. The molecule has 0 radical (unpaired) electrons. The standard InChI is InChI=1S/C21H26N2O2S/c1-13-9-17(25-23-13)12-26-20-6-4-3-5-18(20)21(24)22-14(2)19-11-15-7-8-16(19)10-15/h3-6,9,14-16,19H,7-8,10-12H2,1-2H3,(H,22,24). The molecule has 1 amide bonds. The number of amides is 1. The first-order valence-electron chi connectivity index (χ1n) is 9.55. The highest BCUT2D eigenvalue weighted by molar-refractivity contribution is 7.98. The van der Waals surface area contributed by atoms with Crippen LogP contribution in [0, 0.1) is 24.7 Å². The van der Waals surface area contributed by atoms with E-state index >= 15 is 0 Å². The van der Waals surface area contributed by atoms with Gasteiger partial charge in [-0.05, 0) is 63.0 Å². The number of hydrogen-bond acceptors (Lipinski definition) is 4. The van der Waals surface area contributed by atoms with E-state index in [1.807, 2.05) is 37.3 Å². The Balaban J connectivity index is 1.41. The molecule has 1 aromatic heterocycles. The molecular formula is C21H26N2O2S. The fourth-order valence-corrected chi connectivity index (χ4v) is 5.64. The zero-order valence-corrected chi connectivity index (χ0v) is 16.2. The average Bonchev–Trinajstić information content (AvgIpc) is 3.37. The first-order valence-corrected chi connectivity index (χ1v) is 10.5. The number of benzene rings is 1. The first kappa shape index (κ1) is 17.7. The average molecular weight is 371 g/mol. The topological polar surface area (TPSA) is 55.1 Å². The number of aryl methyl sites for hydroxylation is 1. The van der Waals surface area contributed by atoms with Gasteiger partial charge >= 0.3 is 0 Å². The molecule has 4 nitrogen and oxygen atoms in total. The number of carbonyl (C=O) groups excluding carboxylic acids is 1. The minimum Gasteiger partial charge on any atom is -0.360 e. The van der Waals surface area contributed by atoms with Crippen LogP contribution in [0.2, 0.25) is 0 Å². The van der Waals surface area contributed by atoms with Gasteiger partial charge in [-0.1, -0.05) is 23.7 Å². The van der Waals surface area contributed by atoms with E-state index in [0.717, 1.165) is 33.7 Å². The van der Waals surface area contributed by atoms with E-state index in [4.69, 9.17) is 4.52 Å². The molecule has 4 atom stereocenters. The van der Waals surface area contributed by atoms with Crippen molar-refractivity contribution in [2.24, 2.45) is 17.8 Å². The highest BCUT2D eigenvalue weighted by atomic mass is 32.2. The molecule has 4 unspecified atom stereocenters. The second kappa shape index (κ2) is 7.47. The molecule has 26 heavy (non-hydrogen) atoms. The van der Waals surface area contributed by atoms with E-state index in [-0.39, 0.29) is 11.9 Å². The van der Waals surface area contributed by atoms with Crippen molar-refractivity contribution in [3.63, 3.8) is 0 Å². The van der Waals surface area contributed by atoms with Crippen molar-refractivity contribution in [3.05, 3.63) is 47.3 Å². The summed E-state index contributed by atoms with van der Waals surface area (Å²) in [5, 5.41) is 7.20. The van der Waals surface area contributed by atoms with Crippen molar-refractivity contribution in [2.75, 3.05) is 0 Å². The molecule has 0 spiro atoms. The van der Waals surface area contributed by atoms with Crippen molar-refractivity contribution in [2.45, 2.75) is 56.2 Å². The predicted molar refractivity (Wildman–Crippen MR) is 103 cm³/mol. The van der Waals surface area contributed by atoms with Crippen LogP contribution in [0.4, 0.5) is 0 Å². The summed E-state index contributed by atoms with van der Waals surface area (Å²) < 4.78 is 5.28. The third kappa shape index (κ3) is 3.68. The number of rotatable bonds is 6. The van der Waals surface area contributed by atoms with Crippen molar-refractivity contribution in [1.29, 1.82) is 0 Å². The van der Waals surface area contributed by atoms with Gasteiger partial charge in [0.05, 0.1) is 17.0 Å². The van der Waals surface area contributed by atoms with Gasteiger partial charge in [-0.2, -0.15) is 0 Å². The molecule has 0 saturated heterocycles. The van der Waals surface area contributed by atoms with Gasteiger partial charge in [0.2, 0.25) is 0 Å².